The number of nitrogens with zero attached hydrogens (tertiary/aromatic N) is 1. The number of thiol groups is 1. The molecule has 1 N–H and O–H groups in total. The van der Waals surface area contributed by atoms with E-state index in [0.717, 1.165) is 18.1 Å². The van der Waals surface area contributed by atoms with E-state index >= 15 is 0 Å². The van der Waals surface area contributed by atoms with Gasteiger partial charge in [0.1, 0.15) is 0 Å². The van der Waals surface area contributed by atoms with Crippen LogP contribution in [0.1, 0.15) is 44.9 Å². The first-order valence-electron chi connectivity index (χ1n) is 7.22. The van der Waals surface area contributed by atoms with Crippen LogP contribution in [0, 0.1) is 11.3 Å². The predicted octanol–water partition coefficient (Wildman–Crippen LogP) is 2.57. The van der Waals surface area contributed by atoms with E-state index in [4.69, 9.17) is 5.11 Å². The molecule has 0 amide bonds. The fourth-order valence-corrected chi connectivity index (χ4v) is 4.03. The number of likely N-dealkylation sites (tertiary alicyclic amines) is 1. The van der Waals surface area contributed by atoms with Crippen molar-refractivity contribution in [2.75, 3.05) is 32.0 Å². The smallest absolute Gasteiger partial charge is 0.0434 e. The molecule has 2 fully saturated rings. The van der Waals surface area contributed by atoms with Crippen LogP contribution in [0.5, 0.6) is 0 Å². The first kappa shape index (κ1) is 13.7. The van der Waals surface area contributed by atoms with Crippen LogP contribution in [0.25, 0.3) is 0 Å². The zero-order chi connectivity index (χ0) is 12.1. The zero-order valence-corrected chi connectivity index (χ0v) is 11.8. The number of aliphatic hydroxyl groups is 1. The van der Waals surface area contributed by atoms with E-state index in [1.54, 1.807) is 0 Å². The van der Waals surface area contributed by atoms with Crippen molar-refractivity contribution in [1.82, 2.24) is 4.90 Å². The molecule has 2 nitrogen and oxygen atoms in total. The highest BCUT2D eigenvalue weighted by Gasteiger charge is 2.34. The van der Waals surface area contributed by atoms with Gasteiger partial charge < -0.3 is 10.0 Å². The summed E-state index contributed by atoms with van der Waals surface area (Å²) in [6.45, 7) is 4.05. The molecule has 1 heterocycles. The van der Waals surface area contributed by atoms with Gasteiger partial charge in [-0.3, -0.25) is 0 Å². The fourth-order valence-electron chi connectivity index (χ4n) is 3.62. The van der Waals surface area contributed by atoms with Crippen LogP contribution in [0.2, 0.25) is 0 Å². The van der Waals surface area contributed by atoms with E-state index in [2.05, 4.69) is 17.5 Å². The quantitative estimate of drug-likeness (QED) is 0.740. The maximum atomic E-state index is 9.00. The molecule has 1 saturated carbocycles. The van der Waals surface area contributed by atoms with Crippen molar-refractivity contribution in [3.63, 3.8) is 0 Å². The Kier molecular flexibility index (Phi) is 5.19. The van der Waals surface area contributed by atoms with Gasteiger partial charge in [-0.05, 0) is 49.3 Å². The summed E-state index contributed by atoms with van der Waals surface area (Å²) in [5.41, 5.74) is 0.496. The van der Waals surface area contributed by atoms with Crippen molar-refractivity contribution in [2.24, 2.45) is 11.3 Å². The molecule has 0 spiro atoms. The van der Waals surface area contributed by atoms with Crippen LogP contribution in [0.4, 0.5) is 0 Å². The van der Waals surface area contributed by atoms with Gasteiger partial charge in [0.25, 0.3) is 0 Å². The molecule has 1 saturated heterocycles. The highest BCUT2D eigenvalue weighted by atomic mass is 32.1. The second-order valence-electron chi connectivity index (χ2n) is 6.12. The molecular formula is C14H27NOS. The standard InChI is InChI=1S/C14H27NOS/c16-9-5-13-4-8-15(10-13)11-14(12-17)6-2-1-3-7-14/h13,16-17H,1-12H2. The third-order valence-electron chi connectivity index (χ3n) is 4.72. The third-order valence-corrected chi connectivity index (χ3v) is 5.39. The van der Waals surface area contributed by atoms with Crippen molar-refractivity contribution in [1.29, 1.82) is 0 Å². The SMILES string of the molecule is OCCC1CCN(CC2(CS)CCCCC2)C1. The van der Waals surface area contributed by atoms with Gasteiger partial charge in [0, 0.05) is 19.7 Å². The topological polar surface area (TPSA) is 23.5 Å². The van der Waals surface area contributed by atoms with Crippen LogP contribution in [-0.4, -0.2) is 42.0 Å². The molecule has 2 aliphatic rings. The summed E-state index contributed by atoms with van der Waals surface area (Å²) in [6, 6.07) is 0. The van der Waals surface area contributed by atoms with Gasteiger partial charge in [0.05, 0.1) is 0 Å². The first-order valence-corrected chi connectivity index (χ1v) is 7.85. The normalized spacial score (nSPS) is 29.6. The Morgan fingerprint density at radius 1 is 1.24 bits per heavy atom. The van der Waals surface area contributed by atoms with Crippen LogP contribution in [0.3, 0.4) is 0 Å². The molecule has 1 aliphatic carbocycles. The summed E-state index contributed by atoms with van der Waals surface area (Å²) >= 11 is 4.62. The molecule has 1 aliphatic heterocycles. The summed E-state index contributed by atoms with van der Waals surface area (Å²) < 4.78 is 0. The predicted molar refractivity (Wildman–Crippen MR) is 75.6 cm³/mol. The number of hydrogen-bond acceptors (Lipinski definition) is 3. The molecule has 0 radical (unpaired) electrons. The number of rotatable bonds is 5. The number of aliphatic hydroxyl groups excluding tert-OH is 1. The maximum Gasteiger partial charge on any atom is 0.0434 e. The van der Waals surface area contributed by atoms with Gasteiger partial charge in [0.2, 0.25) is 0 Å². The van der Waals surface area contributed by atoms with Gasteiger partial charge in [-0.1, -0.05) is 19.3 Å². The van der Waals surface area contributed by atoms with E-state index in [1.807, 2.05) is 0 Å². The lowest BCUT2D eigenvalue weighted by Gasteiger charge is -2.39. The number of hydrogen-bond donors (Lipinski definition) is 2. The van der Waals surface area contributed by atoms with E-state index in [-0.39, 0.29) is 0 Å². The summed E-state index contributed by atoms with van der Waals surface area (Å²) in [4.78, 5) is 2.63. The molecule has 17 heavy (non-hydrogen) atoms. The summed E-state index contributed by atoms with van der Waals surface area (Å²) in [6.07, 6.45) is 9.23. The van der Waals surface area contributed by atoms with E-state index < -0.39 is 0 Å². The Morgan fingerprint density at radius 2 is 2.00 bits per heavy atom. The molecule has 2 rings (SSSR count). The van der Waals surface area contributed by atoms with Crippen LogP contribution >= 0.6 is 12.6 Å². The molecule has 0 aromatic heterocycles. The Bertz CT molecular complexity index is 228. The molecule has 1 atom stereocenters. The molecule has 0 aromatic carbocycles. The van der Waals surface area contributed by atoms with E-state index in [1.165, 1.54) is 58.2 Å². The van der Waals surface area contributed by atoms with Crippen molar-refractivity contribution in [3.05, 3.63) is 0 Å². The molecule has 100 valence electrons. The minimum absolute atomic E-state index is 0.357. The summed E-state index contributed by atoms with van der Waals surface area (Å²) in [5.74, 6) is 1.79. The lowest BCUT2D eigenvalue weighted by Crippen LogP contribution is -2.39. The molecule has 1 unspecified atom stereocenters. The van der Waals surface area contributed by atoms with Crippen molar-refractivity contribution in [3.8, 4) is 0 Å². The van der Waals surface area contributed by atoms with Crippen molar-refractivity contribution in [2.45, 2.75) is 44.9 Å². The Balaban J connectivity index is 1.83. The first-order chi connectivity index (χ1) is 8.28. The van der Waals surface area contributed by atoms with Gasteiger partial charge in [-0.2, -0.15) is 12.6 Å². The van der Waals surface area contributed by atoms with Gasteiger partial charge in [-0.25, -0.2) is 0 Å². The minimum Gasteiger partial charge on any atom is -0.396 e. The van der Waals surface area contributed by atoms with E-state index in [9.17, 15) is 0 Å². The lowest BCUT2D eigenvalue weighted by atomic mass is 9.75. The lowest BCUT2D eigenvalue weighted by molar-refractivity contribution is 0.139. The van der Waals surface area contributed by atoms with Crippen LogP contribution in [0.15, 0.2) is 0 Å². The summed E-state index contributed by atoms with van der Waals surface area (Å²) in [7, 11) is 0. The Morgan fingerprint density at radius 3 is 2.65 bits per heavy atom. The van der Waals surface area contributed by atoms with Crippen LogP contribution < -0.4 is 0 Å². The monoisotopic (exact) mass is 257 g/mol. The van der Waals surface area contributed by atoms with Gasteiger partial charge in [-0.15, -0.1) is 0 Å². The molecular weight excluding hydrogens is 230 g/mol. The minimum atomic E-state index is 0.357. The molecule has 0 aromatic rings. The molecule has 3 heteroatoms. The third kappa shape index (κ3) is 3.62. The summed E-state index contributed by atoms with van der Waals surface area (Å²) in [5, 5.41) is 9.00. The zero-order valence-electron chi connectivity index (χ0n) is 10.9. The second kappa shape index (κ2) is 6.44. The second-order valence-corrected chi connectivity index (χ2v) is 6.44. The highest BCUT2D eigenvalue weighted by molar-refractivity contribution is 7.80. The van der Waals surface area contributed by atoms with Gasteiger partial charge >= 0.3 is 0 Å². The average molecular weight is 257 g/mol. The van der Waals surface area contributed by atoms with E-state index in [0.29, 0.717) is 12.0 Å². The Labute approximate surface area is 111 Å². The van der Waals surface area contributed by atoms with Gasteiger partial charge in [0.15, 0.2) is 0 Å². The highest BCUT2D eigenvalue weighted by Crippen LogP contribution is 2.39. The maximum absolute atomic E-state index is 9.00. The average Bonchev–Trinajstić information content (AvgIpc) is 2.78. The fraction of sp³-hybridized carbons (Fsp3) is 1.00. The van der Waals surface area contributed by atoms with Crippen LogP contribution in [-0.2, 0) is 0 Å². The van der Waals surface area contributed by atoms with Crippen molar-refractivity contribution < 1.29 is 5.11 Å². The largest absolute Gasteiger partial charge is 0.396 e. The van der Waals surface area contributed by atoms with Crippen molar-refractivity contribution >= 4 is 12.6 Å². The Hall–Kier alpha value is 0.270. The molecule has 0 bridgehead atoms.